The molecule has 0 saturated carbocycles. The van der Waals surface area contributed by atoms with E-state index in [9.17, 15) is 9.59 Å². The van der Waals surface area contributed by atoms with Crippen LogP contribution in [0.2, 0.25) is 0 Å². The maximum Gasteiger partial charge on any atom is 0.239 e. The topological polar surface area (TPSA) is 121 Å². The molecular formula is C16H20N6O2S3. The van der Waals surface area contributed by atoms with E-state index in [2.05, 4.69) is 39.1 Å². The Morgan fingerprint density at radius 1 is 1.33 bits per heavy atom. The minimum Gasteiger partial charge on any atom is -0.349 e. The number of anilines is 2. The number of thiol groups is 1. The number of hydrogen-bond acceptors (Lipinski definition) is 8. The summed E-state index contributed by atoms with van der Waals surface area (Å²) in [4.78, 5) is 27.4. The van der Waals surface area contributed by atoms with Crippen molar-refractivity contribution >= 4 is 64.3 Å². The molecule has 0 radical (unpaired) electrons. The van der Waals surface area contributed by atoms with Crippen molar-refractivity contribution in [3.05, 3.63) is 41.4 Å². The number of aromatic nitrogens is 1. The fourth-order valence-electron chi connectivity index (χ4n) is 2.04. The van der Waals surface area contributed by atoms with Gasteiger partial charge in [-0.25, -0.2) is 4.98 Å². The van der Waals surface area contributed by atoms with Crippen molar-refractivity contribution in [3.8, 4) is 0 Å². The second-order valence-corrected chi connectivity index (χ2v) is 7.32. The summed E-state index contributed by atoms with van der Waals surface area (Å²) in [5.41, 5.74) is 12.4. The molecule has 0 saturated heterocycles. The van der Waals surface area contributed by atoms with Crippen LogP contribution in [0.3, 0.4) is 0 Å². The summed E-state index contributed by atoms with van der Waals surface area (Å²) in [6.45, 7) is 0.459. The fourth-order valence-corrected chi connectivity index (χ4v) is 3.16. The predicted molar refractivity (Wildman–Crippen MR) is 115 cm³/mol. The quantitative estimate of drug-likeness (QED) is 0.124. The van der Waals surface area contributed by atoms with Crippen LogP contribution in [0.1, 0.15) is 12.0 Å². The average Bonchev–Trinajstić information content (AvgIpc) is 3.18. The molecule has 8 nitrogen and oxygen atoms in total. The number of nitrogens with one attached hydrogen (secondary N) is 4. The smallest absolute Gasteiger partial charge is 0.239 e. The number of benzene rings is 1. The molecule has 2 atom stereocenters. The molecule has 1 aromatic carbocycles. The highest BCUT2D eigenvalue weighted by atomic mass is 32.1. The van der Waals surface area contributed by atoms with Crippen LogP contribution in [0.4, 0.5) is 10.8 Å². The monoisotopic (exact) mass is 424 g/mol. The molecular weight excluding hydrogens is 404 g/mol. The molecule has 2 aromatic rings. The van der Waals surface area contributed by atoms with Crippen molar-refractivity contribution < 1.29 is 9.59 Å². The molecule has 2 unspecified atom stereocenters. The van der Waals surface area contributed by atoms with Crippen molar-refractivity contribution in [3.63, 3.8) is 0 Å². The van der Waals surface area contributed by atoms with Gasteiger partial charge >= 0.3 is 0 Å². The zero-order chi connectivity index (χ0) is 19.6. The number of nitrogens with zero attached hydrogens (tertiary/aromatic N) is 1. The van der Waals surface area contributed by atoms with Gasteiger partial charge in [0.25, 0.3) is 0 Å². The number of hydrazine groups is 1. The van der Waals surface area contributed by atoms with E-state index >= 15 is 0 Å². The molecule has 0 aliphatic heterocycles. The Balaban J connectivity index is 1.76. The Morgan fingerprint density at radius 2 is 2.07 bits per heavy atom. The van der Waals surface area contributed by atoms with Gasteiger partial charge in [-0.05, 0) is 29.9 Å². The van der Waals surface area contributed by atoms with Crippen LogP contribution in [0.15, 0.2) is 35.8 Å². The van der Waals surface area contributed by atoms with Crippen LogP contribution in [0.25, 0.3) is 0 Å². The first kappa shape index (κ1) is 21.1. The van der Waals surface area contributed by atoms with Crippen molar-refractivity contribution in [2.75, 3.05) is 10.6 Å². The van der Waals surface area contributed by atoms with Crippen molar-refractivity contribution in [1.82, 2.24) is 15.8 Å². The number of nitrogens with two attached hydrogens (primary N) is 1. The van der Waals surface area contributed by atoms with E-state index in [-0.39, 0.29) is 11.5 Å². The van der Waals surface area contributed by atoms with Crippen LogP contribution in [0.5, 0.6) is 0 Å². The zero-order valence-electron chi connectivity index (χ0n) is 14.2. The Labute approximate surface area is 171 Å². The summed E-state index contributed by atoms with van der Waals surface area (Å²) in [5, 5.41) is 8.02. The number of rotatable bonds is 8. The van der Waals surface area contributed by atoms with Crippen molar-refractivity contribution in [2.24, 2.45) is 11.7 Å². The largest absolute Gasteiger partial charge is 0.349 e. The lowest BCUT2D eigenvalue weighted by molar-refractivity contribution is -0.124. The van der Waals surface area contributed by atoms with E-state index in [0.717, 1.165) is 11.3 Å². The second kappa shape index (κ2) is 10.8. The Morgan fingerprint density at radius 3 is 2.67 bits per heavy atom. The van der Waals surface area contributed by atoms with Crippen LogP contribution in [0, 0.1) is 5.92 Å². The first-order valence-corrected chi connectivity index (χ1v) is 9.76. The summed E-state index contributed by atoms with van der Waals surface area (Å²) in [6, 6.07) is 7.41. The SMILES string of the molecule is NCc1ccc(NC(=S)NNC(=O)CC(C=O)C(S)Nc2nccs2)cc1. The first-order valence-electron chi connectivity index (χ1n) is 7.96. The van der Waals surface area contributed by atoms with Crippen molar-refractivity contribution in [1.29, 1.82) is 0 Å². The maximum atomic E-state index is 12.1. The molecule has 1 heterocycles. The van der Waals surface area contributed by atoms with Gasteiger partial charge in [0, 0.05) is 30.2 Å². The third kappa shape index (κ3) is 7.13. The fraction of sp³-hybridized carbons (Fsp3) is 0.250. The number of carbonyl (C=O) groups is 2. The van der Waals surface area contributed by atoms with E-state index < -0.39 is 17.2 Å². The van der Waals surface area contributed by atoms with Gasteiger partial charge in [0.05, 0.1) is 11.3 Å². The Bertz CT molecular complexity index is 754. The third-order valence-corrected chi connectivity index (χ3v) is 4.89. The minimum absolute atomic E-state index is 0.0587. The summed E-state index contributed by atoms with van der Waals surface area (Å²) in [6.07, 6.45) is 2.27. The molecule has 0 aliphatic rings. The van der Waals surface area contributed by atoms with Gasteiger partial charge in [-0.1, -0.05) is 12.1 Å². The molecule has 0 aliphatic carbocycles. The molecule has 6 N–H and O–H groups in total. The number of amides is 1. The van der Waals surface area contributed by atoms with Gasteiger partial charge in [0.1, 0.15) is 6.29 Å². The first-order chi connectivity index (χ1) is 13.0. The molecule has 2 rings (SSSR count). The van der Waals surface area contributed by atoms with E-state index in [1.165, 1.54) is 11.3 Å². The Hall–Kier alpha value is -2.21. The van der Waals surface area contributed by atoms with Gasteiger partial charge in [-0.15, -0.1) is 11.3 Å². The van der Waals surface area contributed by atoms with E-state index in [1.54, 1.807) is 11.6 Å². The number of thiocarbonyl (C=S) groups is 1. The van der Waals surface area contributed by atoms with Crippen molar-refractivity contribution in [2.45, 2.75) is 18.3 Å². The van der Waals surface area contributed by atoms with E-state index in [4.69, 9.17) is 18.0 Å². The van der Waals surface area contributed by atoms with Gasteiger partial charge in [0.15, 0.2) is 10.2 Å². The lowest BCUT2D eigenvalue weighted by Gasteiger charge is -2.19. The molecule has 27 heavy (non-hydrogen) atoms. The lowest BCUT2D eigenvalue weighted by atomic mass is 10.1. The van der Waals surface area contributed by atoms with Gasteiger partial charge in [-0.3, -0.25) is 15.6 Å². The number of carbonyl (C=O) groups excluding carboxylic acids is 2. The standard InChI is InChI=1S/C16H20N6O2S3/c17-8-10-1-3-12(4-2-10)19-15(26)22-21-13(24)7-11(9-23)14(25)20-16-18-5-6-27-16/h1-6,9,11,14,25H,7-8,17H2,(H,18,20)(H,21,24)(H2,19,22,26). The summed E-state index contributed by atoms with van der Waals surface area (Å²) < 4.78 is 0. The molecule has 144 valence electrons. The van der Waals surface area contributed by atoms with Crippen LogP contribution < -0.4 is 27.2 Å². The lowest BCUT2D eigenvalue weighted by Crippen LogP contribution is -2.45. The second-order valence-electron chi connectivity index (χ2n) is 5.46. The highest BCUT2D eigenvalue weighted by Gasteiger charge is 2.21. The molecule has 1 aromatic heterocycles. The van der Waals surface area contributed by atoms with Gasteiger partial charge < -0.3 is 21.2 Å². The molecule has 11 heteroatoms. The number of thiazole rings is 1. The van der Waals surface area contributed by atoms with Crippen LogP contribution >= 0.6 is 36.2 Å². The summed E-state index contributed by atoms with van der Waals surface area (Å²) in [7, 11) is 0. The highest BCUT2D eigenvalue weighted by molar-refractivity contribution is 7.81. The molecule has 0 bridgehead atoms. The predicted octanol–water partition coefficient (Wildman–Crippen LogP) is 1.49. The van der Waals surface area contributed by atoms with E-state index in [1.807, 2.05) is 24.3 Å². The zero-order valence-corrected chi connectivity index (χ0v) is 16.7. The Kier molecular flexibility index (Phi) is 8.45. The molecule has 0 fully saturated rings. The number of hydrogen-bond donors (Lipinski definition) is 6. The van der Waals surface area contributed by atoms with Crippen LogP contribution in [-0.2, 0) is 16.1 Å². The maximum absolute atomic E-state index is 12.1. The average molecular weight is 425 g/mol. The molecule has 1 amide bonds. The highest BCUT2D eigenvalue weighted by Crippen LogP contribution is 2.18. The van der Waals surface area contributed by atoms with Gasteiger partial charge in [0.2, 0.25) is 5.91 Å². The molecule has 0 spiro atoms. The van der Waals surface area contributed by atoms with E-state index in [0.29, 0.717) is 18.0 Å². The summed E-state index contributed by atoms with van der Waals surface area (Å²) >= 11 is 10.8. The van der Waals surface area contributed by atoms with Crippen LogP contribution in [-0.4, -0.2) is 27.7 Å². The minimum atomic E-state index is -0.635. The summed E-state index contributed by atoms with van der Waals surface area (Å²) in [5.74, 6) is -1.03. The normalized spacial score (nSPS) is 12.5. The number of aldehydes is 1. The van der Waals surface area contributed by atoms with Gasteiger partial charge in [-0.2, -0.15) is 12.6 Å². The third-order valence-electron chi connectivity index (χ3n) is 3.47.